The summed E-state index contributed by atoms with van der Waals surface area (Å²) in [5.41, 5.74) is 1.89. The highest BCUT2D eigenvalue weighted by atomic mass is 16.5. The molecule has 26 heavy (non-hydrogen) atoms. The van der Waals surface area contributed by atoms with Gasteiger partial charge in [0.15, 0.2) is 5.82 Å². The van der Waals surface area contributed by atoms with Gasteiger partial charge in [0.25, 0.3) is 0 Å². The van der Waals surface area contributed by atoms with Crippen LogP contribution in [0.3, 0.4) is 0 Å². The molecule has 1 heterocycles. The Morgan fingerprint density at radius 1 is 1.12 bits per heavy atom. The summed E-state index contributed by atoms with van der Waals surface area (Å²) in [6.07, 6.45) is 0.170. The number of benzene rings is 1. The van der Waals surface area contributed by atoms with Crippen LogP contribution in [-0.2, 0) is 9.59 Å². The molecule has 0 saturated heterocycles. The highest BCUT2D eigenvalue weighted by Gasteiger charge is 2.15. The maximum absolute atomic E-state index is 12.1. The van der Waals surface area contributed by atoms with Crippen molar-refractivity contribution in [3.8, 4) is 0 Å². The highest BCUT2D eigenvalue weighted by molar-refractivity contribution is 5.94. The minimum Gasteiger partial charge on any atom is -0.372 e. The Morgan fingerprint density at radius 2 is 1.73 bits per heavy atom. The van der Waals surface area contributed by atoms with E-state index >= 15 is 0 Å². The topological polar surface area (TPSA) is 78.7 Å². The fourth-order valence-corrected chi connectivity index (χ4v) is 2.74. The molecule has 0 aliphatic rings. The zero-order valence-electron chi connectivity index (χ0n) is 15.8. The van der Waals surface area contributed by atoms with E-state index < -0.39 is 0 Å². The molecule has 0 unspecified atom stereocenters. The number of aryl methyl sites for hydroxylation is 1. The van der Waals surface area contributed by atoms with Gasteiger partial charge < -0.3 is 19.6 Å². The number of nitrogens with one attached hydrogen (secondary N) is 1. The standard InChI is InChI=1S/C19H26N4O3/c1-5-22(6-2)16-7-9-17(10-8-16)23(15(4)24)12-11-19(25)20-18-13-14(3)26-21-18/h7-10,13H,5-6,11-12H2,1-4H3,(H,20,21,25). The van der Waals surface area contributed by atoms with Crippen LogP contribution < -0.4 is 15.1 Å². The number of aromatic nitrogens is 1. The molecular weight excluding hydrogens is 332 g/mol. The summed E-state index contributed by atoms with van der Waals surface area (Å²) in [7, 11) is 0. The zero-order chi connectivity index (χ0) is 19.1. The van der Waals surface area contributed by atoms with Crippen LogP contribution in [0.25, 0.3) is 0 Å². The van der Waals surface area contributed by atoms with Crippen molar-refractivity contribution in [1.29, 1.82) is 0 Å². The molecule has 1 aromatic carbocycles. The Hall–Kier alpha value is -2.83. The first-order chi connectivity index (χ1) is 12.4. The van der Waals surface area contributed by atoms with Crippen LogP contribution in [0.15, 0.2) is 34.9 Å². The summed E-state index contributed by atoms with van der Waals surface area (Å²) < 4.78 is 4.91. The number of carbonyl (C=O) groups excluding carboxylic acids is 2. The monoisotopic (exact) mass is 358 g/mol. The lowest BCUT2D eigenvalue weighted by Crippen LogP contribution is -2.32. The van der Waals surface area contributed by atoms with Crippen molar-refractivity contribution < 1.29 is 14.1 Å². The van der Waals surface area contributed by atoms with E-state index in [0.29, 0.717) is 18.1 Å². The molecule has 0 saturated carbocycles. The molecule has 0 fully saturated rings. The Balaban J connectivity index is 1.99. The molecule has 0 radical (unpaired) electrons. The van der Waals surface area contributed by atoms with E-state index in [-0.39, 0.29) is 18.2 Å². The van der Waals surface area contributed by atoms with E-state index in [1.807, 2.05) is 24.3 Å². The number of carbonyl (C=O) groups is 2. The van der Waals surface area contributed by atoms with E-state index in [4.69, 9.17) is 4.52 Å². The SMILES string of the molecule is CCN(CC)c1ccc(N(CCC(=O)Nc2cc(C)on2)C(C)=O)cc1. The lowest BCUT2D eigenvalue weighted by atomic mass is 10.2. The summed E-state index contributed by atoms with van der Waals surface area (Å²) in [4.78, 5) is 27.9. The molecule has 140 valence electrons. The number of rotatable bonds is 8. The molecule has 1 N–H and O–H groups in total. The van der Waals surface area contributed by atoms with Crippen LogP contribution in [0.2, 0.25) is 0 Å². The van der Waals surface area contributed by atoms with Crippen LogP contribution >= 0.6 is 0 Å². The van der Waals surface area contributed by atoms with E-state index in [1.54, 1.807) is 17.9 Å². The second kappa shape index (κ2) is 9.03. The summed E-state index contributed by atoms with van der Waals surface area (Å²) in [6, 6.07) is 9.46. The lowest BCUT2D eigenvalue weighted by molar-refractivity contribution is -0.117. The molecular formula is C19H26N4O3. The molecule has 2 rings (SSSR count). The van der Waals surface area contributed by atoms with Crippen molar-refractivity contribution >= 4 is 29.0 Å². The number of anilines is 3. The van der Waals surface area contributed by atoms with Crippen LogP contribution in [-0.4, -0.2) is 36.6 Å². The Kier molecular flexibility index (Phi) is 6.77. The van der Waals surface area contributed by atoms with Crippen molar-refractivity contribution in [3.05, 3.63) is 36.1 Å². The molecule has 7 heteroatoms. The number of hydrogen-bond acceptors (Lipinski definition) is 5. The smallest absolute Gasteiger partial charge is 0.227 e. The fourth-order valence-electron chi connectivity index (χ4n) is 2.74. The van der Waals surface area contributed by atoms with Crippen molar-refractivity contribution in [2.45, 2.75) is 34.1 Å². The van der Waals surface area contributed by atoms with Gasteiger partial charge in [0, 0.05) is 50.4 Å². The van der Waals surface area contributed by atoms with Gasteiger partial charge in [-0.2, -0.15) is 0 Å². The van der Waals surface area contributed by atoms with Gasteiger partial charge >= 0.3 is 0 Å². The predicted octanol–water partition coefficient (Wildman–Crippen LogP) is 3.21. The summed E-state index contributed by atoms with van der Waals surface area (Å²) in [6.45, 7) is 9.60. The Morgan fingerprint density at radius 3 is 2.23 bits per heavy atom. The minimum absolute atomic E-state index is 0.106. The van der Waals surface area contributed by atoms with Crippen LogP contribution in [0.5, 0.6) is 0 Å². The van der Waals surface area contributed by atoms with Crippen molar-refractivity contribution in [2.75, 3.05) is 34.8 Å². The number of nitrogens with zero attached hydrogens (tertiary/aromatic N) is 3. The van der Waals surface area contributed by atoms with Gasteiger partial charge in [0.2, 0.25) is 11.8 Å². The van der Waals surface area contributed by atoms with Gasteiger partial charge in [-0.05, 0) is 45.0 Å². The van der Waals surface area contributed by atoms with Gasteiger partial charge in [0.05, 0.1) is 0 Å². The van der Waals surface area contributed by atoms with Crippen molar-refractivity contribution in [1.82, 2.24) is 5.16 Å². The third-order valence-electron chi connectivity index (χ3n) is 4.13. The second-order valence-electron chi connectivity index (χ2n) is 5.98. The number of amides is 2. The molecule has 7 nitrogen and oxygen atoms in total. The largest absolute Gasteiger partial charge is 0.372 e. The molecule has 2 amide bonds. The first-order valence-electron chi connectivity index (χ1n) is 8.80. The molecule has 1 aromatic heterocycles. The fraction of sp³-hybridized carbons (Fsp3) is 0.421. The molecule has 0 aliphatic carbocycles. The summed E-state index contributed by atoms with van der Waals surface area (Å²) in [5, 5.41) is 6.39. The van der Waals surface area contributed by atoms with Gasteiger partial charge in [-0.25, -0.2) is 0 Å². The van der Waals surface area contributed by atoms with E-state index in [0.717, 1.165) is 24.5 Å². The molecule has 0 spiro atoms. The Labute approximate surface area is 153 Å². The van der Waals surface area contributed by atoms with E-state index in [2.05, 4.69) is 29.2 Å². The normalized spacial score (nSPS) is 10.5. The van der Waals surface area contributed by atoms with Gasteiger partial charge in [-0.3, -0.25) is 9.59 Å². The molecule has 2 aromatic rings. The van der Waals surface area contributed by atoms with Gasteiger partial charge in [-0.1, -0.05) is 5.16 Å². The first kappa shape index (κ1) is 19.5. The number of hydrogen-bond donors (Lipinski definition) is 1. The summed E-state index contributed by atoms with van der Waals surface area (Å²) >= 11 is 0. The average Bonchev–Trinajstić information content (AvgIpc) is 3.02. The molecule has 0 bridgehead atoms. The summed E-state index contributed by atoms with van der Waals surface area (Å²) in [5.74, 6) is 0.680. The zero-order valence-corrected chi connectivity index (χ0v) is 15.8. The van der Waals surface area contributed by atoms with E-state index in [9.17, 15) is 9.59 Å². The maximum atomic E-state index is 12.1. The quantitative estimate of drug-likeness (QED) is 0.784. The van der Waals surface area contributed by atoms with Gasteiger partial charge in [0.1, 0.15) is 5.76 Å². The molecule has 0 aliphatic heterocycles. The first-order valence-corrected chi connectivity index (χ1v) is 8.80. The predicted molar refractivity (Wildman–Crippen MR) is 103 cm³/mol. The lowest BCUT2D eigenvalue weighted by Gasteiger charge is -2.24. The van der Waals surface area contributed by atoms with Crippen LogP contribution in [0.1, 0.15) is 33.0 Å². The Bertz CT molecular complexity index is 735. The average molecular weight is 358 g/mol. The minimum atomic E-state index is -0.218. The maximum Gasteiger partial charge on any atom is 0.227 e. The third kappa shape index (κ3) is 5.08. The van der Waals surface area contributed by atoms with Crippen molar-refractivity contribution in [2.24, 2.45) is 0 Å². The third-order valence-corrected chi connectivity index (χ3v) is 4.13. The highest BCUT2D eigenvalue weighted by Crippen LogP contribution is 2.21. The van der Waals surface area contributed by atoms with Gasteiger partial charge in [-0.15, -0.1) is 0 Å². The van der Waals surface area contributed by atoms with Crippen LogP contribution in [0.4, 0.5) is 17.2 Å². The van der Waals surface area contributed by atoms with Crippen molar-refractivity contribution in [3.63, 3.8) is 0 Å². The van der Waals surface area contributed by atoms with E-state index in [1.165, 1.54) is 6.92 Å². The molecule has 0 atom stereocenters. The van der Waals surface area contributed by atoms with Crippen LogP contribution in [0, 0.1) is 6.92 Å². The second-order valence-corrected chi connectivity index (χ2v) is 5.98.